The summed E-state index contributed by atoms with van der Waals surface area (Å²) in [5.41, 5.74) is -0.306. The third-order valence-electron chi connectivity index (χ3n) is 24.2. The second-order valence-electron chi connectivity index (χ2n) is 32.7. The smallest absolute Gasteiger partial charge is 0.302 e. The summed E-state index contributed by atoms with van der Waals surface area (Å²) in [4.78, 5) is 152. The second-order valence-corrected chi connectivity index (χ2v) is 32.7. The number of carbonyl (C=O) groups excluding carboxylic acids is 10. The van der Waals surface area contributed by atoms with Crippen molar-refractivity contribution in [3.63, 3.8) is 0 Å². The quantitative estimate of drug-likeness (QED) is 0.0132. The molecule has 0 bridgehead atoms. The van der Waals surface area contributed by atoms with Gasteiger partial charge in [0, 0.05) is 155 Å². The minimum absolute atomic E-state index is 0.0476. The van der Waals surface area contributed by atoms with Gasteiger partial charge in [-0.15, -0.1) is 0 Å². The Morgan fingerprint density at radius 2 is 0.705 bits per heavy atom. The van der Waals surface area contributed by atoms with E-state index in [0.29, 0.717) is 12.8 Å². The van der Waals surface area contributed by atoms with Crippen LogP contribution in [-0.4, -0.2) is 222 Å². The molecule has 8 aromatic rings. The van der Waals surface area contributed by atoms with E-state index in [9.17, 15) is 77.9 Å². The van der Waals surface area contributed by atoms with Gasteiger partial charge in [0.05, 0.1) is 60.2 Å². The van der Waals surface area contributed by atoms with E-state index in [2.05, 4.69) is 41.2 Å². The van der Waals surface area contributed by atoms with Crippen molar-refractivity contribution < 1.29 is 96.2 Å². The summed E-state index contributed by atoms with van der Waals surface area (Å²) in [6.07, 6.45) is -13.7. The topological polar surface area (TPSA) is 354 Å². The van der Waals surface area contributed by atoms with E-state index in [1.54, 1.807) is 69.5 Å². The van der Waals surface area contributed by atoms with Crippen LogP contribution in [-0.2, 0) is 82.9 Å². The Hall–Kier alpha value is -10.3. The van der Waals surface area contributed by atoms with Gasteiger partial charge in [-0.2, -0.15) is 0 Å². The molecular formula is C92H120F4N12O14. The van der Waals surface area contributed by atoms with Gasteiger partial charge in [-0.05, 0) is 200 Å². The Labute approximate surface area is 720 Å². The predicted octanol–water partition coefficient (Wildman–Crippen LogP) is 11.4. The zero-order valence-electron chi connectivity index (χ0n) is 79.6. The van der Waals surface area contributed by atoms with Crippen molar-refractivity contribution in [1.82, 2.24) is 60.8 Å². The van der Waals surface area contributed by atoms with Gasteiger partial charge in [0.15, 0.2) is 0 Å². The molecule has 0 radical (unpaired) electrons. The number of halogens is 4. The summed E-state index contributed by atoms with van der Waals surface area (Å²) < 4.78 is 151. The fourth-order valence-electron chi connectivity index (χ4n) is 16.6. The first kappa shape index (κ1) is 81.4. The normalized spacial score (nSPS) is 22.6. The number of carbonyl (C=O) groups is 10. The van der Waals surface area contributed by atoms with Crippen LogP contribution in [0.25, 0.3) is 66.4 Å². The van der Waals surface area contributed by atoms with Crippen LogP contribution < -0.4 is 21.3 Å². The van der Waals surface area contributed by atoms with Gasteiger partial charge < -0.3 is 80.5 Å². The van der Waals surface area contributed by atoms with Crippen LogP contribution in [0.1, 0.15) is 193 Å². The third-order valence-corrected chi connectivity index (χ3v) is 24.2. The molecule has 4 aromatic heterocycles. The summed E-state index contributed by atoms with van der Waals surface area (Å²) >= 11 is 0. The van der Waals surface area contributed by atoms with Crippen molar-refractivity contribution in [2.75, 3.05) is 40.3 Å². The van der Waals surface area contributed by atoms with E-state index in [0.717, 1.165) is 48.5 Å². The molecule has 0 aliphatic carbocycles. The van der Waals surface area contributed by atoms with Gasteiger partial charge in [0.25, 0.3) is 0 Å². The summed E-state index contributed by atoms with van der Waals surface area (Å²) in [6, 6.07) is 5.95. The number of fused-ring (bicyclic) bond motifs is 4. The van der Waals surface area contributed by atoms with Gasteiger partial charge in [-0.3, -0.25) is 47.9 Å². The van der Waals surface area contributed by atoms with E-state index >= 15 is 8.78 Å². The number of aliphatic hydroxyl groups excluding tert-OH is 2. The first-order valence-corrected chi connectivity index (χ1v) is 42.4. The molecule has 4 fully saturated rings. The number of aromatic nitrogens is 4. The number of hydrogen-bond acceptors (Lipinski definition) is 16. The van der Waals surface area contributed by atoms with Crippen molar-refractivity contribution in [2.24, 2.45) is 23.7 Å². The first-order valence-electron chi connectivity index (χ1n) is 46.4. The highest BCUT2D eigenvalue weighted by atomic mass is 19.1. The average Bonchev–Trinajstić information content (AvgIpc) is 1.55. The Balaban J connectivity index is 0.000000252. The van der Waals surface area contributed by atoms with Crippen molar-refractivity contribution in [3.8, 4) is 22.8 Å². The Morgan fingerprint density at radius 3 is 0.975 bits per heavy atom. The lowest BCUT2D eigenvalue weighted by molar-refractivity contribution is -0.147. The number of nitrogens with zero attached hydrogens (tertiary/aromatic N) is 4. The van der Waals surface area contributed by atoms with Crippen LogP contribution in [0.4, 0.5) is 17.6 Å². The molecule has 16 atom stereocenters. The number of nitrogens with one attached hydrogen (secondary N) is 8. The molecule has 0 spiro atoms. The van der Waals surface area contributed by atoms with Crippen molar-refractivity contribution in [3.05, 3.63) is 118 Å². The largest absolute Gasteiger partial charge is 0.461 e. The summed E-state index contributed by atoms with van der Waals surface area (Å²) in [5, 5.41) is 34.1. The fraction of sp³-hybridized carbons (Fsp3) is 0.543. The molecule has 122 heavy (non-hydrogen) atoms. The highest BCUT2D eigenvalue weighted by Crippen LogP contribution is 2.44. The molecule has 8 heterocycles. The maximum atomic E-state index is 15.1. The minimum Gasteiger partial charge on any atom is -0.461 e. The number of likely N-dealkylation sites (tertiary alicyclic amines) is 4. The highest BCUT2D eigenvalue weighted by Gasteiger charge is 2.46. The first-order chi connectivity index (χ1) is 61.2. The molecule has 4 aliphatic rings. The van der Waals surface area contributed by atoms with Crippen LogP contribution in [0.5, 0.6) is 0 Å². The minimum atomic E-state index is -2.62. The van der Waals surface area contributed by atoms with E-state index in [-0.39, 0.29) is 208 Å². The van der Waals surface area contributed by atoms with Gasteiger partial charge >= 0.3 is 11.9 Å². The van der Waals surface area contributed by atoms with Gasteiger partial charge in [0.2, 0.25) is 35.4 Å². The van der Waals surface area contributed by atoms with Gasteiger partial charge in [-0.25, -0.2) is 17.6 Å². The van der Waals surface area contributed by atoms with E-state index in [4.69, 9.17) is 9.47 Å². The number of hydrogen-bond donors (Lipinski definition) is 10. The van der Waals surface area contributed by atoms with Crippen molar-refractivity contribution in [2.45, 2.75) is 258 Å². The standard InChI is InChI=1S/C48H62F2N6O8.C44H58F2N6O6/c1-9-25(4)46(60)54-40(11-3)48(62)56-24-35(64-28(7)58)20-33(56)22-39-37-15-13-31(50)18-42(37)53-45(39)44-38(36-14-12-30(49)17-41(36)52-44)21-32-19-34(63-27(6)57)23-55(32)47(61)29(10-2)16-43(59)26(5)51-8;1-7-23(4)42(56)50-36(9-3)44(58)52-22-31(54)18-29(52)20-35-33-13-11-27(46)16-38(33)49-41(35)40-34(32-12-10-26(45)15-37(32)48-40)19-28-17-30(53)21-51(28)43(57)25(8-2)14-39(55)24(5)47-6/h12-15,17-18,25-26,29,32-35,40,51-53H,9-11,16,19-24H2,1-8H3,(H,54,60);10-13,15-16,23-25,28-31,36,47-49,53-54H,7-9,14,17-22H2,1-6H3,(H,50,56)/t25-,26+,29-,32+,33+,34+,35+,40+;23-,24+,25-,28+,29+,30+,31+,36+/m11/s1/i21D2,22D2;19D2,20D2. The third kappa shape index (κ3) is 20.8. The number of aromatic amines is 4. The number of β-amino-alcohol motifs (C(OH)–C–C–N with tert-alkyl or cyclic N) is 2. The molecule has 26 nitrogen and oxygen atoms in total. The average molecular weight is 1700 g/mol. The zero-order valence-corrected chi connectivity index (χ0v) is 71.6. The zero-order chi connectivity index (χ0) is 95.7. The number of H-pyrrole nitrogens is 4. The number of aliphatic hydroxyl groups is 2. The lowest BCUT2D eigenvalue weighted by Gasteiger charge is -2.30. The van der Waals surface area contributed by atoms with Crippen LogP contribution in [0.2, 0.25) is 0 Å². The number of esters is 2. The number of ketones is 2. The van der Waals surface area contributed by atoms with E-state index in [1.807, 2.05) is 13.8 Å². The van der Waals surface area contributed by atoms with E-state index < -0.39 is 175 Å². The van der Waals surface area contributed by atoms with Crippen LogP contribution >= 0.6 is 0 Å². The SMILES string of the molecule is [2H]C([2H])(c1c(-c2[nH]c3cc(F)ccc3c2C([2H])([2H])[C@@H]2C[C@H](O)CN2C(=O)[C@H](CC)NC(=O)[C@H](C)CC)[nH]c2cc(F)ccc12)[C@@H]1C[C@H](O)CN1C(=O)[C@H](CC)CC(=O)[C@H](C)NC.[2H]C([2H])(c1c(-c2[nH]c3cc(F)ccc3c2C([2H])([2H])[C@@H]2C[C@H](OC(C)=O)CN2C(=O)[C@H](CC)NC(=O)[C@H](C)CC)[nH]c2cc(F)ccc12)[C@@H]1C[C@H](OC(C)=O)CN1C(=O)[C@H](CC)CC(=O)[C@H](C)NC. The molecule has 4 aliphatic heterocycles. The number of Topliss-reactive ketones (excluding diaryl/α,β-unsaturated/α-hetero) is 2. The number of benzene rings is 4. The van der Waals surface area contributed by atoms with E-state index in [1.165, 1.54) is 57.7 Å². The van der Waals surface area contributed by atoms with Crippen LogP contribution in [0, 0.1) is 46.9 Å². The molecule has 4 saturated heterocycles. The molecule has 0 unspecified atom stereocenters. The Bertz CT molecular complexity index is 5260. The number of likely N-dealkylation sites (N-methyl/N-ethyl adjacent to an activating group) is 2. The van der Waals surface area contributed by atoms with Crippen LogP contribution in [0.3, 0.4) is 0 Å². The summed E-state index contributed by atoms with van der Waals surface area (Å²) in [6.45, 7) is 18.9. The highest BCUT2D eigenvalue weighted by molar-refractivity contribution is 5.99. The van der Waals surface area contributed by atoms with Crippen molar-refractivity contribution in [1.29, 1.82) is 0 Å². The number of amides is 6. The second kappa shape index (κ2) is 40.4. The molecule has 10 N–H and O–H groups in total. The molecule has 4 aromatic carbocycles. The molecule has 660 valence electrons. The number of ether oxygens (including phenoxy) is 2. The Kier molecular flexibility index (Phi) is 26.9. The molecular weight excluding hydrogens is 1570 g/mol. The summed E-state index contributed by atoms with van der Waals surface area (Å²) in [5.74, 6) is -9.96. The number of rotatable bonds is 34. The maximum Gasteiger partial charge on any atom is 0.302 e. The molecule has 12 rings (SSSR count). The lowest BCUT2D eigenvalue weighted by Crippen LogP contribution is -2.51. The monoisotopic (exact) mass is 1700 g/mol. The molecule has 0 saturated carbocycles. The van der Waals surface area contributed by atoms with Gasteiger partial charge in [0.1, 0.15) is 59.1 Å². The molecule has 6 amide bonds. The fourth-order valence-corrected chi connectivity index (χ4v) is 16.6. The predicted molar refractivity (Wildman–Crippen MR) is 457 cm³/mol. The van der Waals surface area contributed by atoms with Crippen LogP contribution in [0.15, 0.2) is 72.8 Å². The summed E-state index contributed by atoms with van der Waals surface area (Å²) in [7, 11) is 3.25. The van der Waals surface area contributed by atoms with Crippen molar-refractivity contribution >= 4 is 103 Å². The molecule has 30 heteroatoms. The van der Waals surface area contributed by atoms with Gasteiger partial charge in [-0.1, -0.05) is 55.4 Å². The lowest BCUT2D eigenvalue weighted by atomic mass is 9.93. The Morgan fingerprint density at radius 1 is 0.426 bits per heavy atom. The maximum absolute atomic E-state index is 15.1.